The van der Waals surface area contributed by atoms with E-state index in [1.54, 1.807) is 6.07 Å². The van der Waals surface area contributed by atoms with Crippen LogP contribution in [-0.4, -0.2) is 31.1 Å². The average Bonchev–Trinajstić information content (AvgIpc) is 2.74. The summed E-state index contributed by atoms with van der Waals surface area (Å²) in [5.74, 6) is 0.108. The van der Waals surface area contributed by atoms with Crippen LogP contribution in [0.2, 0.25) is 15.1 Å². The molecule has 2 N–H and O–H groups in total. The van der Waals surface area contributed by atoms with Crippen molar-refractivity contribution in [3.63, 3.8) is 0 Å². The summed E-state index contributed by atoms with van der Waals surface area (Å²) in [4.78, 5) is 12.5. The maximum atomic E-state index is 12.5. The van der Waals surface area contributed by atoms with Gasteiger partial charge in [0.15, 0.2) is 0 Å². The van der Waals surface area contributed by atoms with Crippen LogP contribution in [0.25, 0.3) is 0 Å². The van der Waals surface area contributed by atoms with Gasteiger partial charge >= 0.3 is 0 Å². The number of hydrogen-bond acceptors (Lipinski definition) is 3. The Morgan fingerprint density at radius 3 is 2.40 bits per heavy atom. The van der Waals surface area contributed by atoms with Crippen molar-refractivity contribution < 1.29 is 9.90 Å². The van der Waals surface area contributed by atoms with Crippen LogP contribution < -0.4 is 5.32 Å². The molecule has 6 heteroatoms. The number of halogens is 3. The van der Waals surface area contributed by atoms with Gasteiger partial charge in [-0.05, 0) is 86.4 Å². The first-order chi connectivity index (χ1) is 14.4. The average molecular weight is 469 g/mol. The second-order valence-corrected chi connectivity index (χ2v) is 9.60. The molecule has 1 aliphatic carbocycles. The van der Waals surface area contributed by atoms with Crippen molar-refractivity contribution in [1.82, 2.24) is 5.32 Å². The second kappa shape index (κ2) is 10.0. The first kappa shape index (κ1) is 23.6. The highest BCUT2D eigenvalue weighted by Crippen LogP contribution is 2.57. The summed E-state index contributed by atoms with van der Waals surface area (Å²) in [6, 6.07) is 13.6. The van der Waals surface area contributed by atoms with Crippen LogP contribution in [0.1, 0.15) is 49.1 Å². The summed E-state index contributed by atoms with van der Waals surface area (Å²) in [6.07, 6.45) is 3.00. The molecule has 3 nitrogen and oxygen atoms in total. The van der Waals surface area contributed by atoms with E-state index in [4.69, 9.17) is 34.8 Å². The maximum Gasteiger partial charge on any atom is 0.126 e. The van der Waals surface area contributed by atoms with E-state index < -0.39 is 5.41 Å². The molecule has 30 heavy (non-hydrogen) atoms. The molecule has 2 aromatic rings. The highest BCUT2D eigenvalue weighted by atomic mass is 35.5. The largest absolute Gasteiger partial charge is 0.396 e. The Bertz CT molecular complexity index is 873. The quantitative estimate of drug-likeness (QED) is 0.483. The lowest BCUT2D eigenvalue weighted by Crippen LogP contribution is -2.51. The lowest BCUT2D eigenvalue weighted by atomic mass is 9.53. The molecule has 1 fully saturated rings. The number of aliphatic hydroxyl groups is 1. The van der Waals surface area contributed by atoms with Gasteiger partial charge in [0, 0.05) is 33.1 Å². The lowest BCUT2D eigenvalue weighted by molar-refractivity contribution is -0.125. The Labute approximate surface area is 193 Å². The Hall–Kier alpha value is -1.10. The van der Waals surface area contributed by atoms with E-state index >= 15 is 0 Å². The van der Waals surface area contributed by atoms with E-state index in [9.17, 15) is 9.90 Å². The SMILES string of the molecule is CNC(C)C1C(c2ccc(Cl)cc2)C(c2ccc(Cl)cc2Cl)CCC1(C=O)CCO. The predicted octanol–water partition coefficient (Wildman–Crippen LogP) is 6.10. The molecule has 5 atom stereocenters. The van der Waals surface area contributed by atoms with Gasteiger partial charge in [0.25, 0.3) is 0 Å². The number of carbonyl (C=O) groups is 1. The van der Waals surface area contributed by atoms with Crippen LogP contribution in [0.5, 0.6) is 0 Å². The molecule has 0 spiro atoms. The zero-order chi connectivity index (χ0) is 21.9. The molecule has 0 radical (unpaired) electrons. The minimum absolute atomic E-state index is 0.0221. The summed E-state index contributed by atoms with van der Waals surface area (Å²) in [6.45, 7) is 2.08. The number of carbonyl (C=O) groups excluding carboxylic acids is 1. The van der Waals surface area contributed by atoms with E-state index in [1.807, 2.05) is 43.4 Å². The van der Waals surface area contributed by atoms with Gasteiger partial charge in [-0.1, -0.05) is 53.0 Å². The summed E-state index contributed by atoms with van der Waals surface area (Å²) in [7, 11) is 1.91. The van der Waals surface area contributed by atoms with Gasteiger partial charge in [0.05, 0.1) is 0 Å². The molecular formula is C24H28Cl3NO2. The Balaban J connectivity index is 2.20. The van der Waals surface area contributed by atoms with E-state index in [1.165, 1.54) is 0 Å². The normalized spacial score (nSPS) is 27.6. The highest BCUT2D eigenvalue weighted by Gasteiger charge is 2.51. The summed E-state index contributed by atoms with van der Waals surface area (Å²) in [5, 5.41) is 15.1. The van der Waals surface area contributed by atoms with E-state index in [0.717, 1.165) is 23.8 Å². The number of rotatable bonds is 7. The number of hydrogen-bond donors (Lipinski definition) is 2. The molecule has 0 aromatic heterocycles. The van der Waals surface area contributed by atoms with Crippen LogP contribution >= 0.6 is 34.8 Å². The molecule has 0 heterocycles. The summed E-state index contributed by atoms with van der Waals surface area (Å²) >= 11 is 19.0. The fourth-order valence-electron chi connectivity index (χ4n) is 5.34. The Morgan fingerprint density at radius 1 is 1.17 bits per heavy atom. The third-order valence-electron chi connectivity index (χ3n) is 6.83. The van der Waals surface area contributed by atoms with Crippen molar-refractivity contribution in [3.05, 3.63) is 68.7 Å². The molecule has 1 saturated carbocycles. The third-order valence-corrected chi connectivity index (χ3v) is 7.64. The minimum atomic E-state index is -0.614. The smallest absolute Gasteiger partial charge is 0.126 e. The van der Waals surface area contributed by atoms with Gasteiger partial charge in [0.1, 0.15) is 6.29 Å². The minimum Gasteiger partial charge on any atom is -0.396 e. The lowest BCUT2D eigenvalue weighted by Gasteiger charge is -2.51. The molecule has 0 aliphatic heterocycles. The van der Waals surface area contributed by atoms with Crippen molar-refractivity contribution in [3.8, 4) is 0 Å². The Morgan fingerprint density at radius 2 is 1.83 bits per heavy atom. The molecule has 1 aliphatic rings. The maximum absolute atomic E-state index is 12.5. The van der Waals surface area contributed by atoms with Crippen molar-refractivity contribution in [1.29, 1.82) is 0 Å². The van der Waals surface area contributed by atoms with Crippen molar-refractivity contribution in [2.24, 2.45) is 11.3 Å². The molecule has 5 unspecified atom stereocenters. The van der Waals surface area contributed by atoms with Crippen molar-refractivity contribution >= 4 is 41.1 Å². The zero-order valence-electron chi connectivity index (χ0n) is 17.2. The third kappa shape index (κ3) is 4.56. The number of benzene rings is 2. The van der Waals surface area contributed by atoms with Gasteiger partial charge in [-0.3, -0.25) is 0 Å². The van der Waals surface area contributed by atoms with Crippen LogP contribution in [0.4, 0.5) is 0 Å². The molecule has 0 amide bonds. The van der Waals surface area contributed by atoms with Crippen LogP contribution in [0.3, 0.4) is 0 Å². The Kier molecular flexibility index (Phi) is 7.86. The van der Waals surface area contributed by atoms with E-state index in [0.29, 0.717) is 27.9 Å². The molecule has 162 valence electrons. The van der Waals surface area contributed by atoms with Gasteiger partial charge < -0.3 is 15.2 Å². The fourth-order valence-corrected chi connectivity index (χ4v) is 6.01. The topological polar surface area (TPSA) is 49.3 Å². The summed E-state index contributed by atoms with van der Waals surface area (Å²) in [5.41, 5.74) is 1.54. The van der Waals surface area contributed by atoms with Gasteiger partial charge in [-0.15, -0.1) is 0 Å². The van der Waals surface area contributed by atoms with E-state index in [2.05, 4.69) is 12.2 Å². The number of aliphatic hydroxyl groups excluding tert-OH is 1. The molecular weight excluding hydrogens is 441 g/mol. The van der Waals surface area contributed by atoms with Crippen LogP contribution in [0.15, 0.2) is 42.5 Å². The van der Waals surface area contributed by atoms with Crippen LogP contribution in [-0.2, 0) is 4.79 Å². The van der Waals surface area contributed by atoms with Gasteiger partial charge in [-0.25, -0.2) is 0 Å². The molecule has 0 bridgehead atoms. The van der Waals surface area contributed by atoms with Crippen molar-refractivity contribution in [2.75, 3.05) is 13.7 Å². The molecule has 2 aromatic carbocycles. The van der Waals surface area contributed by atoms with Gasteiger partial charge in [-0.2, -0.15) is 0 Å². The first-order valence-corrected chi connectivity index (χ1v) is 11.4. The van der Waals surface area contributed by atoms with E-state index in [-0.39, 0.29) is 30.4 Å². The summed E-state index contributed by atoms with van der Waals surface area (Å²) < 4.78 is 0. The monoisotopic (exact) mass is 467 g/mol. The fraction of sp³-hybridized carbons (Fsp3) is 0.458. The molecule has 0 saturated heterocycles. The number of nitrogens with one attached hydrogen (secondary N) is 1. The predicted molar refractivity (Wildman–Crippen MR) is 125 cm³/mol. The van der Waals surface area contributed by atoms with Gasteiger partial charge in [0.2, 0.25) is 0 Å². The van der Waals surface area contributed by atoms with Crippen LogP contribution in [0, 0.1) is 11.3 Å². The number of aldehydes is 1. The second-order valence-electron chi connectivity index (χ2n) is 8.32. The standard InChI is InChI=1S/C24H28Cl3NO2/c1-15(28-2)23-22(16-3-5-17(25)6-4-16)20(9-10-24(23,14-30)11-12-29)19-8-7-18(26)13-21(19)27/h3-8,13-15,20,22-23,28-29H,9-12H2,1-2H3. The van der Waals surface area contributed by atoms with Crippen molar-refractivity contribution in [2.45, 2.75) is 44.1 Å². The molecule has 3 rings (SSSR count). The first-order valence-electron chi connectivity index (χ1n) is 10.3. The zero-order valence-corrected chi connectivity index (χ0v) is 19.5. The highest BCUT2D eigenvalue weighted by molar-refractivity contribution is 6.35.